The fourth-order valence-electron chi connectivity index (χ4n) is 3.43. The zero-order valence-corrected chi connectivity index (χ0v) is 18.6. The lowest BCUT2D eigenvalue weighted by molar-refractivity contribution is -0.119. The van der Waals surface area contributed by atoms with E-state index in [-0.39, 0.29) is 11.7 Å². The Balaban J connectivity index is 1.64. The number of halogens is 1. The van der Waals surface area contributed by atoms with Crippen LogP contribution in [-0.2, 0) is 10.5 Å². The molecule has 8 heteroatoms. The SMILES string of the molecule is CC[C@H](C(=O)Nc1cccc(OC)c1)n1c(SCc2ccc(F)cc2)nc2cccnc21. The largest absolute Gasteiger partial charge is 0.497 e. The minimum absolute atomic E-state index is 0.158. The van der Waals surface area contributed by atoms with Gasteiger partial charge in [-0.1, -0.05) is 36.9 Å². The number of nitrogens with zero attached hydrogens (tertiary/aromatic N) is 3. The molecule has 0 saturated carbocycles. The average Bonchev–Trinajstić information content (AvgIpc) is 3.17. The number of pyridine rings is 1. The summed E-state index contributed by atoms with van der Waals surface area (Å²) in [4.78, 5) is 22.5. The van der Waals surface area contributed by atoms with Crippen molar-refractivity contribution in [3.05, 3.63) is 78.2 Å². The van der Waals surface area contributed by atoms with Crippen molar-refractivity contribution in [3.63, 3.8) is 0 Å². The number of hydrogen-bond acceptors (Lipinski definition) is 5. The number of thioether (sulfide) groups is 1. The van der Waals surface area contributed by atoms with E-state index in [2.05, 4.69) is 10.3 Å². The van der Waals surface area contributed by atoms with Gasteiger partial charge in [-0.25, -0.2) is 14.4 Å². The van der Waals surface area contributed by atoms with Gasteiger partial charge >= 0.3 is 0 Å². The summed E-state index contributed by atoms with van der Waals surface area (Å²) in [7, 11) is 1.59. The Labute approximate surface area is 189 Å². The molecule has 0 bridgehead atoms. The van der Waals surface area contributed by atoms with Crippen LogP contribution in [0.15, 0.2) is 72.0 Å². The first-order valence-electron chi connectivity index (χ1n) is 10.2. The normalized spacial score (nSPS) is 12.0. The van der Waals surface area contributed by atoms with Gasteiger partial charge in [-0.15, -0.1) is 0 Å². The molecule has 0 aliphatic carbocycles. The smallest absolute Gasteiger partial charge is 0.247 e. The molecule has 2 heterocycles. The highest BCUT2D eigenvalue weighted by Crippen LogP contribution is 2.31. The number of methoxy groups -OCH3 is 1. The highest BCUT2D eigenvalue weighted by molar-refractivity contribution is 7.98. The Morgan fingerprint density at radius 2 is 2.00 bits per heavy atom. The Morgan fingerprint density at radius 3 is 2.75 bits per heavy atom. The summed E-state index contributed by atoms with van der Waals surface area (Å²) in [6, 6.07) is 16.8. The van der Waals surface area contributed by atoms with Crippen molar-refractivity contribution in [1.29, 1.82) is 0 Å². The molecule has 2 aromatic carbocycles. The molecule has 0 spiro atoms. The van der Waals surface area contributed by atoms with Gasteiger partial charge in [0.05, 0.1) is 7.11 Å². The third kappa shape index (κ3) is 4.75. The molecule has 1 atom stereocenters. The van der Waals surface area contributed by atoms with Gasteiger partial charge < -0.3 is 10.1 Å². The first-order valence-corrected chi connectivity index (χ1v) is 11.2. The van der Waals surface area contributed by atoms with E-state index >= 15 is 0 Å². The molecule has 164 valence electrons. The van der Waals surface area contributed by atoms with Gasteiger partial charge in [0.2, 0.25) is 5.91 Å². The third-order valence-electron chi connectivity index (χ3n) is 5.04. The van der Waals surface area contributed by atoms with Crippen molar-refractivity contribution >= 4 is 34.5 Å². The summed E-state index contributed by atoms with van der Waals surface area (Å²) >= 11 is 1.49. The fourth-order valence-corrected chi connectivity index (χ4v) is 4.44. The number of rotatable bonds is 8. The van der Waals surface area contributed by atoms with Crippen molar-refractivity contribution in [2.45, 2.75) is 30.3 Å². The summed E-state index contributed by atoms with van der Waals surface area (Å²) in [6.07, 6.45) is 2.25. The number of benzene rings is 2. The van der Waals surface area contributed by atoms with Crippen LogP contribution in [0.4, 0.5) is 10.1 Å². The molecule has 0 unspecified atom stereocenters. The van der Waals surface area contributed by atoms with Crippen LogP contribution >= 0.6 is 11.8 Å². The van der Waals surface area contributed by atoms with Crippen molar-refractivity contribution in [3.8, 4) is 5.75 Å². The third-order valence-corrected chi connectivity index (χ3v) is 6.06. The van der Waals surface area contributed by atoms with Crippen LogP contribution in [0.1, 0.15) is 24.9 Å². The highest BCUT2D eigenvalue weighted by atomic mass is 32.2. The summed E-state index contributed by atoms with van der Waals surface area (Å²) in [6.45, 7) is 1.96. The monoisotopic (exact) mass is 450 g/mol. The predicted molar refractivity (Wildman–Crippen MR) is 124 cm³/mol. The van der Waals surface area contributed by atoms with Gasteiger partial charge in [-0.2, -0.15) is 0 Å². The molecule has 0 radical (unpaired) electrons. The Morgan fingerprint density at radius 1 is 1.19 bits per heavy atom. The van der Waals surface area contributed by atoms with Crippen molar-refractivity contribution in [2.24, 2.45) is 0 Å². The van der Waals surface area contributed by atoms with Crippen LogP contribution in [0.5, 0.6) is 5.75 Å². The first kappa shape index (κ1) is 21.8. The Kier molecular flexibility index (Phi) is 6.70. The molecular weight excluding hydrogens is 427 g/mol. The zero-order chi connectivity index (χ0) is 22.5. The number of nitrogens with one attached hydrogen (secondary N) is 1. The topological polar surface area (TPSA) is 69.0 Å². The number of ether oxygens (including phenoxy) is 1. The van der Waals surface area contributed by atoms with Crippen molar-refractivity contribution in [1.82, 2.24) is 14.5 Å². The summed E-state index contributed by atoms with van der Waals surface area (Å²) in [5.74, 6) is 0.836. The van der Waals surface area contributed by atoms with E-state index in [9.17, 15) is 9.18 Å². The maximum Gasteiger partial charge on any atom is 0.247 e. The molecule has 0 aliphatic rings. The van der Waals surface area contributed by atoms with E-state index in [0.717, 1.165) is 11.1 Å². The number of carbonyl (C=O) groups excluding carboxylic acids is 1. The molecule has 2 aromatic heterocycles. The summed E-state index contributed by atoms with van der Waals surface area (Å²) < 4.78 is 20.4. The molecule has 4 rings (SSSR count). The van der Waals surface area contributed by atoms with Crippen LogP contribution in [0, 0.1) is 5.82 Å². The maximum atomic E-state index is 13.3. The van der Waals surface area contributed by atoms with Gasteiger partial charge in [0.1, 0.15) is 23.1 Å². The molecule has 4 aromatic rings. The Hall–Kier alpha value is -3.39. The molecule has 1 amide bonds. The summed E-state index contributed by atoms with van der Waals surface area (Å²) in [5, 5.41) is 3.67. The van der Waals surface area contributed by atoms with E-state index in [1.807, 2.05) is 41.8 Å². The van der Waals surface area contributed by atoms with Crippen LogP contribution in [0.25, 0.3) is 11.2 Å². The molecular formula is C24H23FN4O2S. The van der Waals surface area contributed by atoms with E-state index in [1.54, 1.807) is 31.5 Å². The van der Waals surface area contributed by atoms with Crippen LogP contribution < -0.4 is 10.1 Å². The number of anilines is 1. The second-order valence-electron chi connectivity index (χ2n) is 7.17. The van der Waals surface area contributed by atoms with E-state index in [4.69, 9.17) is 9.72 Å². The lowest BCUT2D eigenvalue weighted by atomic mass is 10.2. The van der Waals surface area contributed by atoms with Crippen molar-refractivity contribution in [2.75, 3.05) is 12.4 Å². The van der Waals surface area contributed by atoms with E-state index in [1.165, 1.54) is 23.9 Å². The number of carbonyl (C=O) groups is 1. The fraction of sp³-hybridized carbons (Fsp3) is 0.208. The second-order valence-corrected chi connectivity index (χ2v) is 8.11. The average molecular weight is 451 g/mol. The van der Waals surface area contributed by atoms with Gasteiger partial charge in [0, 0.05) is 23.7 Å². The first-order chi connectivity index (χ1) is 15.6. The molecule has 0 fully saturated rings. The van der Waals surface area contributed by atoms with Crippen LogP contribution in [-0.4, -0.2) is 27.6 Å². The zero-order valence-electron chi connectivity index (χ0n) is 17.8. The molecule has 1 N–H and O–H groups in total. The quantitative estimate of drug-likeness (QED) is 0.361. The molecule has 0 saturated heterocycles. The van der Waals surface area contributed by atoms with Crippen molar-refractivity contribution < 1.29 is 13.9 Å². The number of imidazole rings is 1. The number of hydrogen-bond donors (Lipinski definition) is 1. The molecule has 6 nitrogen and oxygen atoms in total. The Bertz CT molecular complexity index is 1230. The molecule has 32 heavy (non-hydrogen) atoms. The number of aromatic nitrogens is 3. The second kappa shape index (κ2) is 9.82. The lowest BCUT2D eigenvalue weighted by Crippen LogP contribution is -2.26. The van der Waals surface area contributed by atoms with E-state index in [0.29, 0.717) is 34.4 Å². The lowest BCUT2D eigenvalue weighted by Gasteiger charge is -2.19. The number of fused-ring (bicyclic) bond motifs is 1. The van der Waals surface area contributed by atoms with Gasteiger partial charge in [0.15, 0.2) is 10.8 Å². The van der Waals surface area contributed by atoms with Gasteiger partial charge in [0.25, 0.3) is 0 Å². The van der Waals surface area contributed by atoms with Gasteiger partial charge in [-0.3, -0.25) is 9.36 Å². The minimum atomic E-state index is -0.503. The van der Waals surface area contributed by atoms with Crippen LogP contribution in [0.3, 0.4) is 0 Å². The highest BCUT2D eigenvalue weighted by Gasteiger charge is 2.25. The standard InChI is InChI=1S/C24H23FN4O2S/c1-3-21(23(30)27-18-6-4-7-19(14-18)31-2)29-22-20(8-5-13-26-22)28-24(29)32-15-16-9-11-17(25)12-10-16/h4-14,21H,3,15H2,1-2H3,(H,27,30)/t21-/m1/s1. The molecule has 0 aliphatic heterocycles. The summed E-state index contributed by atoms with van der Waals surface area (Å²) in [5.41, 5.74) is 3.01. The number of amides is 1. The maximum absolute atomic E-state index is 13.3. The van der Waals surface area contributed by atoms with E-state index < -0.39 is 6.04 Å². The van der Waals surface area contributed by atoms with Crippen LogP contribution in [0.2, 0.25) is 0 Å². The van der Waals surface area contributed by atoms with Gasteiger partial charge in [-0.05, 0) is 48.4 Å². The minimum Gasteiger partial charge on any atom is -0.497 e. The predicted octanol–water partition coefficient (Wildman–Crippen LogP) is 5.46.